The Kier molecular flexibility index (Phi) is 3.61. The molecule has 0 radical (unpaired) electrons. The molecule has 2 heterocycles. The second-order valence-electron chi connectivity index (χ2n) is 5.60. The predicted molar refractivity (Wildman–Crippen MR) is 73.4 cm³/mol. The van der Waals surface area contributed by atoms with Gasteiger partial charge >= 0.3 is 0 Å². The van der Waals surface area contributed by atoms with Gasteiger partial charge in [0.2, 0.25) is 0 Å². The number of fused-ring (bicyclic) bond motifs is 2. The summed E-state index contributed by atoms with van der Waals surface area (Å²) in [5, 5.41) is 6.47. The van der Waals surface area contributed by atoms with Crippen molar-refractivity contribution in [3.63, 3.8) is 0 Å². The lowest BCUT2D eigenvalue weighted by Gasteiger charge is -2.29. The normalized spacial score (nSPS) is 28.2. The summed E-state index contributed by atoms with van der Waals surface area (Å²) in [4.78, 5) is 12.3. The van der Waals surface area contributed by atoms with Crippen molar-refractivity contribution in [2.75, 3.05) is 7.11 Å². The number of nitrogens with one attached hydrogen (secondary N) is 2. The number of halogens is 1. The van der Waals surface area contributed by atoms with E-state index in [9.17, 15) is 9.18 Å². The lowest BCUT2D eigenvalue weighted by atomic mass is 9.99. The van der Waals surface area contributed by atoms with Crippen molar-refractivity contribution in [2.45, 2.75) is 43.8 Å². The highest BCUT2D eigenvalue weighted by molar-refractivity contribution is 5.97. The summed E-state index contributed by atoms with van der Waals surface area (Å²) in [6.07, 6.45) is 4.16. The van der Waals surface area contributed by atoms with E-state index in [1.54, 1.807) is 6.07 Å². The topological polar surface area (TPSA) is 50.4 Å². The average molecular weight is 278 g/mol. The predicted octanol–water partition coefficient (Wildman–Crippen LogP) is 1.85. The fourth-order valence-electron chi connectivity index (χ4n) is 3.33. The Balaban J connectivity index is 1.73. The third kappa shape index (κ3) is 2.50. The summed E-state index contributed by atoms with van der Waals surface area (Å²) in [6.45, 7) is 0. The lowest BCUT2D eigenvalue weighted by molar-refractivity contribution is 0.0916. The summed E-state index contributed by atoms with van der Waals surface area (Å²) < 4.78 is 18.9. The van der Waals surface area contributed by atoms with E-state index in [-0.39, 0.29) is 23.3 Å². The van der Waals surface area contributed by atoms with E-state index in [0.29, 0.717) is 12.1 Å². The molecule has 0 aromatic heterocycles. The van der Waals surface area contributed by atoms with Crippen LogP contribution in [0.25, 0.3) is 0 Å². The van der Waals surface area contributed by atoms with Gasteiger partial charge in [-0.15, -0.1) is 0 Å². The van der Waals surface area contributed by atoms with Crippen molar-refractivity contribution < 1.29 is 13.9 Å². The molecule has 1 aromatic carbocycles. The highest BCUT2D eigenvalue weighted by atomic mass is 19.1. The molecule has 2 atom stereocenters. The van der Waals surface area contributed by atoms with Gasteiger partial charge in [-0.1, -0.05) is 6.07 Å². The maximum Gasteiger partial charge on any atom is 0.258 e. The molecule has 0 spiro atoms. The number of rotatable bonds is 3. The van der Waals surface area contributed by atoms with E-state index in [4.69, 9.17) is 4.74 Å². The molecule has 4 nitrogen and oxygen atoms in total. The molecular weight excluding hydrogens is 259 g/mol. The first-order chi connectivity index (χ1) is 9.67. The molecule has 0 saturated carbocycles. The highest BCUT2D eigenvalue weighted by Gasteiger charge is 2.34. The van der Waals surface area contributed by atoms with Crippen LogP contribution >= 0.6 is 0 Å². The Labute approximate surface area is 117 Å². The summed E-state index contributed by atoms with van der Waals surface area (Å²) in [6, 6.07) is 5.51. The molecule has 2 unspecified atom stereocenters. The third-order valence-electron chi connectivity index (χ3n) is 4.23. The van der Waals surface area contributed by atoms with Gasteiger partial charge in [0, 0.05) is 18.1 Å². The zero-order chi connectivity index (χ0) is 14.1. The first-order valence-corrected chi connectivity index (χ1v) is 7.07. The largest absolute Gasteiger partial charge is 0.496 e. The van der Waals surface area contributed by atoms with Crippen LogP contribution in [0.4, 0.5) is 4.39 Å². The van der Waals surface area contributed by atoms with Crippen molar-refractivity contribution >= 4 is 5.91 Å². The fourth-order valence-corrected chi connectivity index (χ4v) is 3.33. The molecule has 2 N–H and O–H groups in total. The van der Waals surface area contributed by atoms with Crippen molar-refractivity contribution in [3.8, 4) is 5.75 Å². The summed E-state index contributed by atoms with van der Waals surface area (Å²) >= 11 is 0. The molecule has 20 heavy (non-hydrogen) atoms. The third-order valence-corrected chi connectivity index (χ3v) is 4.23. The van der Waals surface area contributed by atoms with Gasteiger partial charge in [0.15, 0.2) is 0 Å². The maximum atomic E-state index is 13.9. The maximum absolute atomic E-state index is 13.9. The van der Waals surface area contributed by atoms with Crippen LogP contribution < -0.4 is 15.4 Å². The molecule has 2 aliphatic rings. The number of amides is 1. The number of benzene rings is 1. The molecular formula is C15H19FN2O2. The van der Waals surface area contributed by atoms with E-state index in [0.717, 1.165) is 12.8 Å². The van der Waals surface area contributed by atoms with Crippen molar-refractivity contribution in [1.29, 1.82) is 0 Å². The van der Waals surface area contributed by atoms with Gasteiger partial charge in [-0.3, -0.25) is 4.79 Å². The van der Waals surface area contributed by atoms with Crippen LogP contribution in [0.2, 0.25) is 0 Å². The minimum absolute atomic E-state index is 0.000814. The first kappa shape index (κ1) is 13.4. The molecule has 2 saturated heterocycles. The van der Waals surface area contributed by atoms with E-state index >= 15 is 0 Å². The minimum atomic E-state index is -0.543. The van der Waals surface area contributed by atoms with Crippen molar-refractivity contribution in [2.24, 2.45) is 0 Å². The number of carbonyl (C=O) groups is 1. The molecule has 2 aliphatic heterocycles. The van der Waals surface area contributed by atoms with Crippen LogP contribution in [0, 0.1) is 5.82 Å². The molecule has 2 bridgehead atoms. The molecule has 5 heteroatoms. The van der Waals surface area contributed by atoms with E-state index in [2.05, 4.69) is 10.6 Å². The first-order valence-electron chi connectivity index (χ1n) is 7.07. The van der Waals surface area contributed by atoms with Gasteiger partial charge in [0.25, 0.3) is 5.91 Å². The molecule has 1 aromatic rings. The lowest BCUT2D eigenvalue weighted by Crippen LogP contribution is -2.48. The van der Waals surface area contributed by atoms with Crippen LogP contribution in [-0.2, 0) is 0 Å². The number of hydrogen-bond donors (Lipinski definition) is 2. The second-order valence-corrected chi connectivity index (χ2v) is 5.60. The Bertz CT molecular complexity index is 509. The minimum Gasteiger partial charge on any atom is -0.496 e. The summed E-state index contributed by atoms with van der Waals surface area (Å²) in [5.74, 6) is -0.649. The van der Waals surface area contributed by atoms with Gasteiger partial charge in [0.05, 0.1) is 7.11 Å². The summed E-state index contributed by atoms with van der Waals surface area (Å²) in [5.41, 5.74) is 0.000814. The Morgan fingerprint density at radius 2 is 2.05 bits per heavy atom. The quantitative estimate of drug-likeness (QED) is 0.887. The van der Waals surface area contributed by atoms with Gasteiger partial charge in [-0.2, -0.15) is 0 Å². The van der Waals surface area contributed by atoms with Crippen LogP contribution in [-0.4, -0.2) is 31.1 Å². The van der Waals surface area contributed by atoms with Gasteiger partial charge in [0.1, 0.15) is 17.1 Å². The zero-order valence-electron chi connectivity index (χ0n) is 11.5. The number of ether oxygens (including phenoxy) is 1. The summed E-state index contributed by atoms with van der Waals surface area (Å²) in [7, 11) is 1.44. The van der Waals surface area contributed by atoms with Crippen LogP contribution in [0.5, 0.6) is 5.75 Å². The highest BCUT2D eigenvalue weighted by Crippen LogP contribution is 2.28. The fraction of sp³-hybridized carbons (Fsp3) is 0.533. The number of methoxy groups -OCH3 is 1. The second kappa shape index (κ2) is 5.40. The van der Waals surface area contributed by atoms with Crippen LogP contribution in [0.3, 0.4) is 0 Å². The number of hydrogen-bond acceptors (Lipinski definition) is 3. The van der Waals surface area contributed by atoms with Gasteiger partial charge in [-0.25, -0.2) is 4.39 Å². The zero-order valence-corrected chi connectivity index (χ0v) is 11.5. The van der Waals surface area contributed by atoms with E-state index in [1.165, 1.54) is 32.1 Å². The van der Waals surface area contributed by atoms with Crippen LogP contribution in [0.1, 0.15) is 36.0 Å². The molecule has 3 rings (SSSR count). The van der Waals surface area contributed by atoms with E-state index < -0.39 is 5.82 Å². The molecule has 1 amide bonds. The number of carbonyl (C=O) groups excluding carboxylic acids is 1. The molecule has 0 aliphatic carbocycles. The average Bonchev–Trinajstić information content (AvgIpc) is 2.77. The smallest absolute Gasteiger partial charge is 0.258 e. The van der Waals surface area contributed by atoms with Gasteiger partial charge < -0.3 is 15.4 Å². The SMILES string of the molecule is COc1cccc(F)c1C(=O)NC1CC2CCC(C1)N2. The molecule has 2 fully saturated rings. The number of piperidine rings is 1. The monoisotopic (exact) mass is 278 g/mol. The van der Waals surface area contributed by atoms with E-state index in [1.807, 2.05) is 0 Å². The Morgan fingerprint density at radius 1 is 1.35 bits per heavy atom. The Morgan fingerprint density at radius 3 is 2.70 bits per heavy atom. The van der Waals surface area contributed by atoms with Crippen molar-refractivity contribution in [3.05, 3.63) is 29.6 Å². The van der Waals surface area contributed by atoms with Crippen molar-refractivity contribution in [1.82, 2.24) is 10.6 Å². The Hall–Kier alpha value is -1.62. The van der Waals surface area contributed by atoms with Crippen LogP contribution in [0.15, 0.2) is 18.2 Å². The van der Waals surface area contributed by atoms with Gasteiger partial charge in [-0.05, 0) is 37.8 Å². The molecule has 108 valence electrons. The standard InChI is InChI=1S/C15H19FN2O2/c1-20-13-4-2-3-12(16)14(13)15(19)18-11-7-9-5-6-10(8-11)17-9/h2-4,9-11,17H,5-8H2,1H3,(H,18,19).